The van der Waals surface area contributed by atoms with Gasteiger partial charge in [0.1, 0.15) is 6.10 Å². The SMILES string of the molecule is COC(C)C(=O)NC(C)(C)c1ccc(Br)cc1. The van der Waals surface area contributed by atoms with E-state index < -0.39 is 11.6 Å². The van der Waals surface area contributed by atoms with Gasteiger partial charge in [0.05, 0.1) is 5.54 Å². The van der Waals surface area contributed by atoms with Crippen LogP contribution in [0.5, 0.6) is 0 Å². The summed E-state index contributed by atoms with van der Waals surface area (Å²) in [5.74, 6) is -0.111. The molecule has 94 valence electrons. The normalized spacial score (nSPS) is 13.2. The van der Waals surface area contributed by atoms with Crippen LogP contribution < -0.4 is 5.32 Å². The number of hydrogen-bond donors (Lipinski definition) is 1. The zero-order valence-corrected chi connectivity index (χ0v) is 12.2. The van der Waals surface area contributed by atoms with Crippen LogP contribution in [0.15, 0.2) is 28.7 Å². The summed E-state index contributed by atoms with van der Waals surface area (Å²) in [7, 11) is 1.52. The summed E-state index contributed by atoms with van der Waals surface area (Å²) >= 11 is 3.39. The van der Waals surface area contributed by atoms with E-state index in [1.807, 2.05) is 38.1 Å². The van der Waals surface area contributed by atoms with Crippen LogP contribution in [0.4, 0.5) is 0 Å². The predicted octanol–water partition coefficient (Wildman–Crippen LogP) is 2.84. The molecule has 1 unspecified atom stereocenters. The second-order valence-electron chi connectivity index (χ2n) is 4.50. The van der Waals surface area contributed by atoms with Crippen molar-refractivity contribution < 1.29 is 9.53 Å². The maximum absolute atomic E-state index is 11.8. The third-order valence-corrected chi connectivity index (χ3v) is 3.25. The van der Waals surface area contributed by atoms with Gasteiger partial charge in [-0.25, -0.2) is 0 Å². The number of carbonyl (C=O) groups is 1. The Morgan fingerprint density at radius 3 is 2.35 bits per heavy atom. The van der Waals surface area contributed by atoms with E-state index in [-0.39, 0.29) is 5.91 Å². The molecule has 0 aliphatic heterocycles. The van der Waals surface area contributed by atoms with E-state index in [1.165, 1.54) is 7.11 Å². The van der Waals surface area contributed by atoms with Crippen molar-refractivity contribution in [3.8, 4) is 0 Å². The van der Waals surface area contributed by atoms with Gasteiger partial charge in [-0.2, -0.15) is 0 Å². The molecule has 4 heteroatoms. The lowest BCUT2D eigenvalue weighted by atomic mass is 9.94. The summed E-state index contributed by atoms with van der Waals surface area (Å²) in [4.78, 5) is 11.8. The van der Waals surface area contributed by atoms with E-state index in [4.69, 9.17) is 4.74 Å². The molecule has 0 aliphatic rings. The number of carbonyl (C=O) groups excluding carboxylic acids is 1. The molecule has 0 aromatic heterocycles. The van der Waals surface area contributed by atoms with Crippen LogP contribution in [0, 0.1) is 0 Å². The van der Waals surface area contributed by atoms with Gasteiger partial charge in [0, 0.05) is 11.6 Å². The summed E-state index contributed by atoms with van der Waals surface area (Å²) < 4.78 is 6.02. The second kappa shape index (κ2) is 5.65. The van der Waals surface area contributed by atoms with Crippen molar-refractivity contribution in [1.29, 1.82) is 0 Å². The van der Waals surface area contributed by atoms with Crippen molar-refractivity contribution in [2.45, 2.75) is 32.4 Å². The zero-order chi connectivity index (χ0) is 13.1. The van der Waals surface area contributed by atoms with Crippen molar-refractivity contribution in [2.75, 3.05) is 7.11 Å². The molecule has 0 saturated heterocycles. The number of hydrogen-bond acceptors (Lipinski definition) is 2. The minimum atomic E-state index is -0.440. The molecule has 1 N–H and O–H groups in total. The van der Waals surface area contributed by atoms with Crippen molar-refractivity contribution in [2.24, 2.45) is 0 Å². The highest BCUT2D eigenvalue weighted by atomic mass is 79.9. The van der Waals surface area contributed by atoms with E-state index >= 15 is 0 Å². The molecule has 0 fully saturated rings. The third-order valence-electron chi connectivity index (χ3n) is 2.72. The fourth-order valence-electron chi connectivity index (χ4n) is 1.46. The maximum atomic E-state index is 11.8. The molecular formula is C13H18BrNO2. The monoisotopic (exact) mass is 299 g/mol. The lowest BCUT2D eigenvalue weighted by Crippen LogP contribution is -2.45. The number of rotatable bonds is 4. The fourth-order valence-corrected chi connectivity index (χ4v) is 1.72. The van der Waals surface area contributed by atoms with E-state index in [0.29, 0.717) is 0 Å². The number of nitrogens with one attached hydrogen (secondary N) is 1. The Balaban J connectivity index is 2.81. The quantitative estimate of drug-likeness (QED) is 0.928. The van der Waals surface area contributed by atoms with Crippen molar-refractivity contribution >= 4 is 21.8 Å². The number of methoxy groups -OCH3 is 1. The highest BCUT2D eigenvalue weighted by Gasteiger charge is 2.25. The maximum Gasteiger partial charge on any atom is 0.249 e. The van der Waals surface area contributed by atoms with E-state index in [0.717, 1.165) is 10.0 Å². The first-order chi connectivity index (χ1) is 7.86. The smallest absolute Gasteiger partial charge is 0.249 e. The van der Waals surface area contributed by atoms with Crippen LogP contribution in [0.2, 0.25) is 0 Å². The standard InChI is InChI=1S/C13H18BrNO2/c1-9(17-4)12(16)15-13(2,3)10-5-7-11(14)8-6-10/h5-9H,1-4H3,(H,15,16). The molecule has 1 atom stereocenters. The van der Waals surface area contributed by atoms with Gasteiger partial charge in [0.25, 0.3) is 0 Å². The predicted molar refractivity (Wildman–Crippen MR) is 71.8 cm³/mol. The summed E-state index contributed by atoms with van der Waals surface area (Å²) in [6.07, 6.45) is -0.440. The van der Waals surface area contributed by atoms with Crippen LogP contribution >= 0.6 is 15.9 Å². The highest BCUT2D eigenvalue weighted by Crippen LogP contribution is 2.22. The second-order valence-corrected chi connectivity index (χ2v) is 5.41. The van der Waals surface area contributed by atoms with Crippen molar-refractivity contribution in [3.05, 3.63) is 34.3 Å². The third kappa shape index (κ3) is 3.82. The number of amides is 1. The van der Waals surface area contributed by atoms with Crippen molar-refractivity contribution in [3.63, 3.8) is 0 Å². The molecule has 3 nitrogen and oxygen atoms in total. The van der Waals surface area contributed by atoms with Gasteiger partial charge in [-0.05, 0) is 38.5 Å². The number of ether oxygens (including phenoxy) is 1. The Kier molecular flexibility index (Phi) is 4.71. The first-order valence-corrected chi connectivity index (χ1v) is 6.27. The topological polar surface area (TPSA) is 38.3 Å². The lowest BCUT2D eigenvalue weighted by Gasteiger charge is -2.28. The molecule has 0 radical (unpaired) electrons. The molecule has 1 amide bonds. The molecule has 0 saturated carbocycles. The molecule has 1 rings (SSSR count). The Morgan fingerprint density at radius 2 is 1.88 bits per heavy atom. The Bertz CT molecular complexity index is 387. The summed E-state index contributed by atoms with van der Waals surface area (Å²) in [6, 6.07) is 7.90. The van der Waals surface area contributed by atoms with Gasteiger partial charge in [-0.3, -0.25) is 4.79 Å². The minimum Gasteiger partial charge on any atom is -0.372 e. The average molecular weight is 300 g/mol. The number of halogens is 1. The molecule has 0 spiro atoms. The van der Waals surface area contributed by atoms with Gasteiger partial charge in [-0.1, -0.05) is 28.1 Å². The lowest BCUT2D eigenvalue weighted by molar-refractivity contribution is -0.131. The van der Waals surface area contributed by atoms with E-state index in [1.54, 1.807) is 6.92 Å². The highest BCUT2D eigenvalue weighted by molar-refractivity contribution is 9.10. The zero-order valence-electron chi connectivity index (χ0n) is 10.6. The van der Waals surface area contributed by atoms with Gasteiger partial charge >= 0.3 is 0 Å². The van der Waals surface area contributed by atoms with Crippen molar-refractivity contribution in [1.82, 2.24) is 5.32 Å². The fraction of sp³-hybridized carbons (Fsp3) is 0.462. The first kappa shape index (κ1) is 14.2. The van der Waals surface area contributed by atoms with E-state index in [9.17, 15) is 4.79 Å². The summed E-state index contributed by atoms with van der Waals surface area (Å²) in [5, 5.41) is 2.96. The Hall–Kier alpha value is -0.870. The van der Waals surface area contributed by atoms with Gasteiger partial charge in [-0.15, -0.1) is 0 Å². The molecule has 1 aromatic carbocycles. The molecule has 17 heavy (non-hydrogen) atoms. The van der Waals surface area contributed by atoms with Crippen LogP contribution in [-0.2, 0) is 15.1 Å². The van der Waals surface area contributed by atoms with Gasteiger partial charge in [0.15, 0.2) is 0 Å². The Morgan fingerprint density at radius 1 is 1.35 bits per heavy atom. The van der Waals surface area contributed by atoms with Gasteiger partial charge in [0.2, 0.25) is 5.91 Å². The van der Waals surface area contributed by atoms with Gasteiger partial charge < -0.3 is 10.1 Å². The molecule has 1 aromatic rings. The van der Waals surface area contributed by atoms with Crippen LogP contribution in [-0.4, -0.2) is 19.1 Å². The molecule has 0 bridgehead atoms. The molecule has 0 heterocycles. The molecular weight excluding hydrogens is 282 g/mol. The number of benzene rings is 1. The van der Waals surface area contributed by atoms with Crippen LogP contribution in [0.3, 0.4) is 0 Å². The summed E-state index contributed by atoms with van der Waals surface area (Å²) in [5.41, 5.74) is 0.641. The average Bonchev–Trinajstić information content (AvgIpc) is 2.27. The molecule has 0 aliphatic carbocycles. The van der Waals surface area contributed by atoms with Crippen LogP contribution in [0.25, 0.3) is 0 Å². The van der Waals surface area contributed by atoms with E-state index in [2.05, 4.69) is 21.2 Å². The van der Waals surface area contributed by atoms with Crippen LogP contribution in [0.1, 0.15) is 26.3 Å². The minimum absolute atomic E-state index is 0.111. The first-order valence-electron chi connectivity index (χ1n) is 5.47. The summed E-state index contributed by atoms with van der Waals surface area (Å²) in [6.45, 7) is 5.67. The largest absolute Gasteiger partial charge is 0.372 e. The Labute approximate surface area is 111 Å².